The van der Waals surface area contributed by atoms with Gasteiger partial charge in [-0.05, 0) is 45.6 Å². The van der Waals surface area contributed by atoms with Gasteiger partial charge in [-0.1, -0.05) is 20.3 Å². The molecule has 0 heterocycles. The third-order valence-electron chi connectivity index (χ3n) is 3.80. The van der Waals surface area contributed by atoms with Crippen molar-refractivity contribution >= 4 is 0 Å². The van der Waals surface area contributed by atoms with Gasteiger partial charge in [0.05, 0.1) is 6.10 Å². The van der Waals surface area contributed by atoms with Crippen molar-refractivity contribution in [2.24, 2.45) is 0 Å². The van der Waals surface area contributed by atoms with Crippen LogP contribution < -0.4 is 0 Å². The molecule has 0 saturated heterocycles. The highest BCUT2D eigenvalue weighted by Crippen LogP contribution is 2.26. The normalized spacial score (nSPS) is 28.6. The Bertz CT molecular complexity index is 172. The molecule has 1 N–H and O–H groups in total. The topological polar surface area (TPSA) is 23.5 Å². The summed E-state index contributed by atoms with van der Waals surface area (Å²) in [5, 5.41) is 9.96. The van der Waals surface area contributed by atoms with E-state index in [1.165, 1.54) is 32.1 Å². The van der Waals surface area contributed by atoms with Crippen LogP contribution in [-0.4, -0.2) is 34.7 Å². The molecule has 0 bridgehead atoms. The summed E-state index contributed by atoms with van der Waals surface area (Å²) in [5.74, 6) is 0. The van der Waals surface area contributed by atoms with Crippen LogP contribution in [0.3, 0.4) is 0 Å². The third-order valence-corrected chi connectivity index (χ3v) is 3.80. The quantitative estimate of drug-likeness (QED) is 0.733. The summed E-state index contributed by atoms with van der Waals surface area (Å²) >= 11 is 0. The van der Waals surface area contributed by atoms with Crippen molar-refractivity contribution in [1.29, 1.82) is 0 Å². The predicted molar refractivity (Wildman–Crippen MR) is 65.0 cm³/mol. The predicted octanol–water partition coefficient (Wildman–Crippen LogP) is 2.80. The first-order valence-electron chi connectivity index (χ1n) is 6.64. The summed E-state index contributed by atoms with van der Waals surface area (Å²) in [6.07, 6.45) is 7.01. The zero-order valence-electron chi connectivity index (χ0n) is 10.6. The number of unbranched alkanes of at least 4 members (excludes halogenated alkanes) is 1. The zero-order valence-corrected chi connectivity index (χ0v) is 10.6. The fourth-order valence-corrected chi connectivity index (χ4v) is 2.60. The summed E-state index contributed by atoms with van der Waals surface area (Å²) in [7, 11) is 0. The van der Waals surface area contributed by atoms with Gasteiger partial charge in [-0.25, -0.2) is 0 Å². The van der Waals surface area contributed by atoms with E-state index in [0.717, 1.165) is 13.0 Å². The summed E-state index contributed by atoms with van der Waals surface area (Å²) in [6, 6.07) is 1.06. The molecule has 2 heteroatoms. The van der Waals surface area contributed by atoms with E-state index in [1.807, 2.05) is 0 Å². The Morgan fingerprint density at radius 1 is 1.33 bits per heavy atom. The van der Waals surface area contributed by atoms with Crippen LogP contribution in [0.1, 0.15) is 59.3 Å². The highest BCUT2D eigenvalue weighted by Gasteiger charge is 2.32. The van der Waals surface area contributed by atoms with Crippen molar-refractivity contribution in [3.8, 4) is 0 Å². The van der Waals surface area contributed by atoms with Crippen molar-refractivity contribution in [3.05, 3.63) is 0 Å². The van der Waals surface area contributed by atoms with Gasteiger partial charge >= 0.3 is 0 Å². The van der Waals surface area contributed by atoms with Crippen LogP contribution >= 0.6 is 0 Å². The maximum Gasteiger partial charge on any atom is 0.0695 e. The largest absolute Gasteiger partial charge is 0.391 e. The molecule has 1 saturated carbocycles. The van der Waals surface area contributed by atoms with E-state index in [4.69, 9.17) is 0 Å². The maximum absolute atomic E-state index is 9.96. The van der Waals surface area contributed by atoms with Crippen LogP contribution in [-0.2, 0) is 0 Å². The Labute approximate surface area is 94.7 Å². The Morgan fingerprint density at radius 3 is 2.53 bits per heavy atom. The van der Waals surface area contributed by atoms with Crippen molar-refractivity contribution in [3.63, 3.8) is 0 Å². The van der Waals surface area contributed by atoms with Gasteiger partial charge in [0.25, 0.3) is 0 Å². The number of aliphatic hydroxyl groups is 1. The standard InChI is InChI=1S/C13H27NO/c1-4-6-10-14(11(3)5-2)12-8-7-9-13(12)15/h11-13,15H,4-10H2,1-3H3. The van der Waals surface area contributed by atoms with E-state index >= 15 is 0 Å². The van der Waals surface area contributed by atoms with Crippen molar-refractivity contribution in [2.75, 3.05) is 6.54 Å². The first-order chi connectivity index (χ1) is 7.20. The fourth-order valence-electron chi connectivity index (χ4n) is 2.60. The molecule has 0 aromatic carbocycles. The molecule has 0 aromatic rings. The molecule has 90 valence electrons. The molecular formula is C13H27NO. The average Bonchev–Trinajstić information content (AvgIpc) is 2.65. The van der Waals surface area contributed by atoms with Crippen molar-refractivity contribution < 1.29 is 5.11 Å². The lowest BCUT2D eigenvalue weighted by molar-refractivity contribution is 0.0452. The second-order valence-electron chi connectivity index (χ2n) is 4.91. The van der Waals surface area contributed by atoms with Gasteiger partial charge in [0.15, 0.2) is 0 Å². The van der Waals surface area contributed by atoms with Gasteiger partial charge in [-0.2, -0.15) is 0 Å². The molecule has 2 nitrogen and oxygen atoms in total. The molecule has 1 rings (SSSR count). The van der Waals surface area contributed by atoms with Crippen molar-refractivity contribution in [2.45, 2.75) is 77.5 Å². The first kappa shape index (κ1) is 13.0. The number of rotatable bonds is 6. The lowest BCUT2D eigenvalue weighted by atomic mass is 10.1. The van der Waals surface area contributed by atoms with Crippen LogP contribution in [0, 0.1) is 0 Å². The minimum atomic E-state index is -0.0733. The molecule has 0 aromatic heterocycles. The summed E-state index contributed by atoms with van der Waals surface area (Å²) in [5.41, 5.74) is 0. The van der Waals surface area contributed by atoms with Gasteiger partial charge in [-0.15, -0.1) is 0 Å². The smallest absolute Gasteiger partial charge is 0.0695 e. The van der Waals surface area contributed by atoms with E-state index in [9.17, 15) is 5.11 Å². The molecule has 3 atom stereocenters. The second-order valence-corrected chi connectivity index (χ2v) is 4.91. The Hall–Kier alpha value is -0.0800. The highest BCUT2D eigenvalue weighted by molar-refractivity contribution is 4.87. The molecule has 0 aliphatic heterocycles. The second kappa shape index (κ2) is 6.49. The molecule has 1 aliphatic carbocycles. The first-order valence-corrected chi connectivity index (χ1v) is 6.64. The molecule has 3 unspecified atom stereocenters. The molecule has 15 heavy (non-hydrogen) atoms. The number of hydrogen-bond acceptors (Lipinski definition) is 2. The monoisotopic (exact) mass is 213 g/mol. The zero-order chi connectivity index (χ0) is 11.3. The van der Waals surface area contributed by atoms with Crippen LogP contribution in [0.2, 0.25) is 0 Å². The summed E-state index contributed by atoms with van der Waals surface area (Å²) in [4.78, 5) is 2.54. The molecule has 1 aliphatic rings. The fraction of sp³-hybridized carbons (Fsp3) is 1.00. The molecule has 0 radical (unpaired) electrons. The summed E-state index contributed by atoms with van der Waals surface area (Å²) < 4.78 is 0. The highest BCUT2D eigenvalue weighted by atomic mass is 16.3. The Kier molecular flexibility index (Phi) is 5.62. The van der Waals surface area contributed by atoms with Crippen LogP contribution in [0.4, 0.5) is 0 Å². The lowest BCUT2D eigenvalue weighted by Crippen LogP contribution is -2.45. The van der Waals surface area contributed by atoms with Gasteiger partial charge in [0, 0.05) is 12.1 Å². The van der Waals surface area contributed by atoms with E-state index < -0.39 is 0 Å². The van der Waals surface area contributed by atoms with E-state index in [-0.39, 0.29) is 6.10 Å². The van der Waals surface area contributed by atoms with Crippen molar-refractivity contribution in [1.82, 2.24) is 4.90 Å². The number of nitrogens with zero attached hydrogens (tertiary/aromatic N) is 1. The van der Waals surface area contributed by atoms with Gasteiger partial charge in [0.1, 0.15) is 0 Å². The van der Waals surface area contributed by atoms with Gasteiger partial charge in [-0.3, -0.25) is 4.90 Å². The van der Waals surface area contributed by atoms with Crippen LogP contribution in [0.25, 0.3) is 0 Å². The number of hydrogen-bond donors (Lipinski definition) is 1. The molecule has 0 amide bonds. The number of aliphatic hydroxyl groups excluding tert-OH is 1. The molecule has 1 fully saturated rings. The Morgan fingerprint density at radius 2 is 2.07 bits per heavy atom. The molecule has 0 spiro atoms. The SMILES string of the molecule is CCCCN(C(C)CC)C1CCCC1O. The third kappa shape index (κ3) is 3.46. The maximum atomic E-state index is 9.96. The van der Waals surface area contributed by atoms with E-state index in [2.05, 4.69) is 25.7 Å². The van der Waals surface area contributed by atoms with Gasteiger partial charge in [0.2, 0.25) is 0 Å². The van der Waals surface area contributed by atoms with Gasteiger partial charge < -0.3 is 5.11 Å². The minimum absolute atomic E-state index is 0.0733. The van der Waals surface area contributed by atoms with Crippen LogP contribution in [0.5, 0.6) is 0 Å². The van der Waals surface area contributed by atoms with E-state index in [1.54, 1.807) is 0 Å². The van der Waals surface area contributed by atoms with Crippen LogP contribution in [0.15, 0.2) is 0 Å². The summed E-state index contributed by atoms with van der Waals surface area (Å²) in [6.45, 7) is 7.93. The molecular weight excluding hydrogens is 186 g/mol. The minimum Gasteiger partial charge on any atom is -0.391 e. The van der Waals surface area contributed by atoms with E-state index in [0.29, 0.717) is 12.1 Å². The average molecular weight is 213 g/mol. The Balaban J connectivity index is 2.53. The lowest BCUT2D eigenvalue weighted by Gasteiger charge is -2.35.